The highest BCUT2D eigenvalue weighted by molar-refractivity contribution is 6.38. The number of carboxylic acid groups (broad SMARTS) is 1. The van der Waals surface area contributed by atoms with Crippen molar-refractivity contribution in [2.45, 2.75) is 70.9 Å². The fourth-order valence-corrected chi connectivity index (χ4v) is 5.31. The molecule has 2 aliphatic heterocycles. The number of piperidine rings is 1. The number of carbonyl (C=O) groups is 6. The topological polar surface area (TPSA) is 169 Å². The van der Waals surface area contributed by atoms with Crippen LogP contribution in [-0.4, -0.2) is 102 Å². The molecule has 13 heteroatoms. The Kier molecular flexibility index (Phi) is 13.9. The van der Waals surface area contributed by atoms with Crippen LogP contribution in [0.3, 0.4) is 0 Å². The molecule has 2 aliphatic rings. The first kappa shape index (κ1) is 36.4. The number of rotatable bonds is 16. The summed E-state index contributed by atoms with van der Waals surface area (Å²) in [5.74, 6) is -4.49. The second-order valence-electron chi connectivity index (χ2n) is 12.1. The molecule has 0 aromatic heterocycles. The lowest BCUT2D eigenvalue weighted by molar-refractivity contribution is -0.165. The maximum absolute atomic E-state index is 13.7. The molecule has 0 saturated carbocycles. The Morgan fingerprint density at radius 2 is 1.85 bits per heavy atom. The van der Waals surface area contributed by atoms with Gasteiger partial charge >= 0.3 is 17.9 Å². The Morgan fingerprint density at radius 3 is 2.54 bits per heavy atom. The molecule has 46 heavy (non-hydrogen) atoms. The Hall–Kier alpha value is -4.10. The lowest BCUT2D eigenvalue weighted by Crippen LogP contribution is -2.53. The van der Waals surface area contributed by atoms with Crippen LogP contribution in [-0.2, 0) is 43.0 Å². The number of morpholine rings is 1. The molecule has 2 N–H and O–H groups in total. The fraction of sp³-hybridized carbons (Fsp3) is 0.576. The summed E-state index contributed by atoms with van der Waals surface area (Å²) >= 11 is 0. The molecule has 0 unspecified atom stereocenters. The minimum absolute atomic E-state index is 0.185. The van der Waals surface area contributed by atoms with Gasteiger partial charge in [0.25, 0.3) is 5.91 Å². The molecule has 252 valence electrons. The molecule has 0 radical (unpaired) electrons. The molecular formula is C33H45N3O10. The molecule has 2 saturated heterocycles. The summed E-state index contributed by atoms with van der Waals surface area (Å²) in [4.78, 5) is 78.6. The van der Waals surface area contributed by atoms with Crippen molar-refractivity contribution in [3.63, 3.8) is 0 Å². The van der Waals surface area contributed by atoms with Gasteiger partial charge in [-0.1, -0.05) is 18.7 Å². The van der Waals surface area contributed by atoms with Crippen LogP contribution >= 0.6 is 0 Å². The van der Waals surface area contributed by atoms with Crippen molar-refractivity contribution in [1.82, 2.24) is 9.80 Å². The lowest BCUT2D eigenvalue weighted by Gasteiger charge is -2.36. The van der Waals surface area contributed by atoms with Gasteiger partial charge in [0.05, 0.1) is 25.0 Å². The Morgan fingerprint density at radius 1 is 1.11 bits per heavy atom. The van der Waals surface area contributed by atoms with Crippen molar-refractivity contribution < 1.29 is 48.1 Å². The highest BCUT2D eigenvalue weighted by Crippen LogP contribution is 2.29. The number of carboxylic acids is 1. The van der Waals surface area contributed by atoms with Gasteiger partial charge in [0, 0.05) is 37.8 Å². The summed E-state index contributed by atoms with van der Waals surface area (Å²) < 4.78 is 16.5. The van der Waals surface area contributed by atoms with Crippen LogP contribution < -0.4 is 5.32 Å². The van der Waals surface area contributed by atoms with E-state index in [1.165, 1.54) is 18.7 Å². The molecule has 2 atom stereocenters. The number of ketones is 1. The van der Waals surface area contributed by atoms with Crippen molar-refractivity contribution in [2.75, 3.05) is 51.3 Å². The number of ether oxygens (including phenoxy) is 3. The molecule has 0 aliphatic carbocycles. The highest BCUT2D eigenvalue weighted by atomic mass is 16.5. The number of hydrogen-bond donors (Lipinski definition) is 2. The second kappa shape index (κ2) is 17.6. The Labute approximate surface area is 269 Å². The molecule has 2 fully saturated rings. The third-order valence-electron chi connectivity index (χ3n) is 8.00. The summed E-state index contributed by atoms with van der Waals surface area (Å²) in [7, 11) is 0. The van der Waals surface area contributed by atoms with Gasteiger partial charge in [-0.3, -0.25) is 24.1 Å². The summed E-state index contributed by atoms with van der Waals surface area (Å²) in [6.07, 6.45) is 2.52. The zero-order valence-electron chi connectivity index (χ0n) is 26.7. The quantitative estimate of drug-likeness (QED) is 0.154. The van der Waals surface area contributed by atoms with E-state index in [0.29, 0.717) is 56.6 Å². The monoisotopic (exact) mass is 643 g/mol. The summed E-state index contributed by atoms with van der Waals surface area (Å²) in [6.45, 7) is 9.88. The number of nitrogens with zero attached hydrogens (tertiary/aromatic N) is 2. The minimum atomic E-state index is -1.32. The fourth-order valence-electron chi connectivity index (χ4n) is 5.31. The van der Waals surface area contributed by atoms with Crippen molar-refractivity contribution in [2.24, 2.45) is 5.41 Å². The SMILES string of the molecule is C=CC(=O)OCC(C)(C)C(=O)C(=O)N1CCCC[C@H]1C(=O)O[C@H](CCCN1CCOCC1)c1cccc(NC(=O)CCC(=O)O)c1. The van der Waals surface area contributed by atoms with Crippen molar-refractivity contribution in [1.29, 1.82) is 0 Å². The molecule has 1 aromatic rings. The number of anilines is 1. The van der Waals surface area contributed by atoms with E-state index in [9.17, 15) is 28.8 Å². The number of nitrogens with one attached hydrogen (secondary N) is 1. The van der Waals surface area contributed by atoms with Gasteiger partial charge in [0.2, 0.25) is 11.7 Å². The molecule has 1 aromatic carbocycles. The Bertz CT molecular complexity index is 1270. The van der Waals surface area contributed by atoms with Crippen LogP contribution in [0.5, 0.6) is 0 Å². The number of aliphatic carboxylic acids is 1. The maximum Gasteiger partial charge on any atom is 0.330 e. The van der Waals surface area contributed by atoms with E-state index in [0.717, 1.165) is 25.7 Å². The van der Waals surface area contributed by atoms with E-state index in [2.05, 4.69) is 16.8 Å². The lowest BCUT2D eigenvalue weighted by atomic mass is 9.87. The maximum atomic E-state index is 13.7. The van der Waals surface area contributed by atoms with Gasteiger partial charge in [-0.15, -0.1) is 0 Å². The van der Waals surface area contributed by atoms with Gasteiger partial charge < -0.3 is 29.5 Å². The van der Waals surface area contributed by atoms with Gasteiger partial charge in [-0.2, -0.15) is 0 Å². The number of benzene rings is 1. The number of hydrogen-bond acceptors (Lipinski definition) is 10. The van der Waals surface area contributed by atoms with Crippen molar-refractivity contribution >= 4 is 41.2 Å². The molecule has 3 rings (SSSR count). The highest BCUT2D eigenvalue weighted by Gasteiger charge is 2.42. The average Bonchev–Trinajstić information content (AvgIpc) is 3.05. The number of amides is 2. The zero-order chi connectivity index (χ0) is 33.7. The van der Waals surface area contributed by atoms with Crippen LogP contribution in [0.25, 0.3) is 0 Å². The standard InChI is InChI=1S/C33H45N3O10/c1-4-29(40)45-22-33(2,3)30(41)31(42)36-16-6-5-11-25(36)32(43)46-26(12-8-15-35-17-19-44-20-18-35)23-9-7-10-24(21-23)34-27(37)13-14-28(38)39/h4,7,9-10,21,25-26H,1,5-6,8,11-20,22H2,2-3H3,(H,34,37)(H,38,39)/t25-,26+/m0/s1. The van der Waals surface area contributed by atoms with E-state index in [1.807, 2.05) is 0 Å². The van der Waals surface area contributed by atoms with Gasteiger partial charge in [-0.05, 0) is 70.2 Å². The number of carbonyl (C=O) groups excluding carboxylic acids is 5. The number of esters is 2. The van der Waals surface area contributed by atoms with E-state index in [4.69, 9.17) is 19.3 Å². The van der Waals surface area contributed by atoms with Crippen LogP contribution in [0.1, 0.15) is 70.5 Å². The van der Waals surface area contributed by atoms with Crippen LogP contribution in [0, 0.1) is 5.41 Å². The van der Waals surface area contributed by atoms with Gasteiger partial charge in [0.1, 0.15) is 18.8 Å². The van der Waals surface area contributed by atoms with E-state index < -0.39 is 53.1 Å². The van der Waals surface area contributed by atoms with Crippen molar-refractivity contribution in [3.05, 3.63) is 42.5 Å². The summed E-state index contributed by atoms with van der Waals surface area (Å²) in [5.41, 5.74) is -0.262. The largest absolute Gasteiger partial charge is 0.481 e. The molecule has 0 spiro atoms. The van der Waals surface area contributed by atoms with Crippen molar-refractivity contribution in [3.8, 4) is 0 Å². The zero-order valence-corrected chi connectivity index (χ0v) is 26.7. The van der Waals surface area contributed by atoms with E-state index >= 15 is 0 Å². The van der Waals surface area contributed by atoms with Crippen LogP contribution in [0.15, 0.2) is 36.9 Å². The molecule has 2 amide bonds. The molecule has 13 nitrogen and oxygen atoms in total. The smallest absolute Gasteiger partial charge is 0.330 e. The predicted molar refractivity (Wildman–Crippen MR) is 167 cm³/mol. The van der Waals surface area contributed by atoms with Gasteiger partial charge in [0.15, 0.2) is 0 Å². The first-order valence-corrected chi connectivity index (χ1v) is 15.7. The third-order valence-corrected chi connectivity index (χ3v) is 8.00. The molecular weight excluding hydrogens is 598 g/mol. The average molecular weight is 644 g/mol. The van der Waals surface area contributed by atoms with Gasteiger partial charge in [-0.25, -0.2) is 9.59 Å². The normalized spacial score (nSPS) is 17.8. The van der Waals surface area contributed by atoms with Crippen LogP contribution in [0.2, 0.25) is 0 Å². The van der Waals surface area contributed by atoms with E-state index in [-0.39, 0.29) is 26.0 Å². The summed E-state index contributed by atoms with van der Waals surface area (Å²) in [5, 5.41) is 11.6. The number of likely N-dealkylation sites (tertiary alicyclic amines) is 1. The van der Waals surface area contributed by atoms with E-state index in [1.54, 1.807) is 24.3 Å². The Balaban J connectivity index is 1.76. The second-order valence-corrected chi connectivity index (χ2v) is 12.1. The first-order valence-electron chi connectivity index (χ1n) is 15.7. The first-order chi connectivity index (χ1) is 21.9. The predicted octanol–water partition coefficient (Wildman–Crippen LogP) is 2.89. The molecule has 2 heterocycles. The number of Topliss-reactive ketones (excluding diaryl/α,β-unsaturated/α-hetero) is 1. The minimum Gasteiger partial charge on any atom is -0.481 e. The van der Waals surface area contributed by atoms with Crippen LogP contribution in [0.4, 0.5) is 5.69 Å². The molecule has 0 bridgehead atoms. The third kappa shape index (κ3) is 11.1. The summed E-state index contributed by atoms with van der Waals surface area (Å²) in [6, 6.07) is 5.86.